The largest absolute Gasteiger partial charge is 0.369 e. The van der Waals surface area contributed by atoms with Crippen LogP contribution in [0.1, 0.15) is 13.8 Å². The first-order valence-corrected chi connectivity index (χ1v) is 7.95. The summed E-state index contributed by atoms with van der Waals surface area (Å²) in [5, 5.41) is 0.581. The first kappa shape index (κ1) is 20.6. The molecule has 22 heavy (non-hydrogen) atoms. The van der Waals surface area contributed by atoms with E-state index in [1.54, 1.807) is 32.1 Å². The van der Waals surface area contributed by atoms with Crippen LogP contribution >= 0.6 is 24.0 Å². The number of hydrogen-bond donors (Lipinski definition) is 2. The molecule has 0 unspecified atom stereocenters. The quantitative estimate of drug-likeness (QED) is 0.562. The fraction of sp³-hybridized carbons (Fsp3) is 0.333. The van der Waals surface area contributed by atoms with Gasteiger partial charge in [0, 0.05) is 24.2 Å². The Labute approximate surface area is 141 Å². The Hall–Kier alpha value is -1.35. The number of allylic oxidation sites excluding steroid dienone is 6. The average molecular weight is 369 g/mol. The molecule has 2 bridgehead atoms. The highest BCUT2D eigenvalue weighted by atomic mass is 35.5. The Morgan fingerprint density at radius 2 is 1.82 bits per heavy atom. The second-order valence-corrected chi connectivity index (χ2v) is 6.10. The lowest BCUT2D eigenvalue weighted by molar-refractivity contribution is -0.111. The van der Waals surface area contributed by atoms with Gasteiger partial charge in [0.1, 0.15) is 0 Å². The van der Waals surface area contributed by atoms with Crippen LogP contribution in [0.5, 0.6) is 0 Å². The van der Waals surface area contributed by atoms with Crippen LogP contribution in [0.15, 0.2) is 38.8 Å². The Morgan fingerprint density at radius 3 is 2.05 bits per heavy atom. The van der Waals surface area contributed by atoms with E-state index in [-0.39, 0.29) is 18.2 Å². The fourth-order valence-corrected chi connectivity index (χ4v) is 3.04. The van der Waals surface area contributed by atoms with Gasteiger partial charge in [-0.3, -0.25) is 4.79 Å². The molecule has 0 aliphatic heterocycles. The Bertz CT molecular complexity index is 658. The van der Waals surface area contributed by atoms with Crippen LogP contribution in [0.4, 0.5) is 0 Å². The van der Waals surface area contributed by atoms with E-state index < -0.39 is 16.2 Å². The second kappa shape index (κ2) is 8.33. The number of ketones is 1. The van der Waals surface area contributed by atoms with Gasteiger partial charge in [-0.25, -0.2) is 0 Å². The molecule has 7 nitrogen and oxygen atoms in total. The van der Waals surface area contributed by atoms with E-state index in [0.717, 1.165) is 9.88 Å². The molecule has 0 aromatic rings. The van der Waals surface area contributed by atoms with Crippen LogP contribution in [0.3, 0.4) is 0 Å². The van der Waals surface area contributed by atoms with Crippen LogP contribution < -0.4 is 11.5 Å². The lowest BCUT2D eigenvalue weighted by Crippen LogP contribution is -2.33. The van der Waals surface area contributed by atoms with Crippen molar-refractivity contribution < 1.29 is 13.2 Å². The van der Waals surface area contributed by atoms with Crippen molar-refractivity contribution in [1.29, 1.82) is 0 Å². The van der Waals surface area contributed by atoms with Gasteiger partial charge in [0.05, 0.1) is 5.03 Å². The van der Waals surface area contributed by atoms with Crippen LogP contribution in [-0.2, 0) is 15.0 Å². The molecule has 2 aliphatic rings. The maximum atomic E-state index is 11.2. The van der Waals surface area contributed by atoms with Gasteiger partial charge in [0.15, 0.2) is 5.78 Å². The van der Waals surface area contributed by atoms with Crippen LogP contribution in [-0.4, -0.2) is 37.6 Å². The maximum absolute atomic E-state index is 11.2. The molecule has 2 aliphatic carbocycles. The molecule has 0 spiro atoms. The minimum absolute atomic E-state index is 0. The lowest BCUT2D eigenvalue weighted by atomic mass is 10.2. The Balaban J connectivity index is 0.000000393. The van der Waals surface area contributed by atoms with Gasteiger partial charge in [-0.15, -0.1) is 16.8 Å². The zero-order chi connectivity index (χ0) is 16.2. The number of nitrogens with two attached hydrogens (primary N) is 2. The van der Waals surface area contributed by atoms with Gasteiger partial charge in [-0.1, -0.05) is 31.5 Å². The van der Waals surface area contributed by atoms with E-state index in [1.807, 2.05) is 0 Å². The standard InChI is InChI=1S/C7H3ClO.C5H14N4O2S.ClH/c8-6-3-4-1-2-5(6)7(4)9;1-3-9(4-2)12(10,11)8-5(6)7;/h1-3H;3-4H2,1-2H3,(H4,6,7,8);1H. The number of hydrogen-bond acceptors (Lipinski definition) is 3. The highest BCUT2D eigenvalue weighted by Gasteiger charge is 2.25. The second-order valence-electron chi connectivity index (χ2n) is 4.10. The van der Waals surface area contributed by atoms with E-state index >= 15 is 0 Å². The SMILES string of the molecule is CCN(CC)S(=O)(=O)N=C(N)N.Cl.O=C1C2=CC(Cl)=C1C=C2. The zero-order valence-corrected chi connectivity index (χ0v) is 14.5. The van der Waals surface area contributed by atoms with Gasteiger partial charge >= 0.3 is 10.2 Å². The molecule has 0 heterocycles. The molecule has 124 valence electrons. The minimum Gasteiger partial charge on any atom is -0.369 e. The summed E-state index contributed by atoms with van der Waals surface area (Å²) in [5.74, 6) is -0.373. The van der Waals surface area contributed by atoms with Crippen molar-refractivity contribution in [2.24, 2.45) is 15.9 Å². The molecule has 0 aromatic carbocycles. The first-order valence-electron chi connectivity index (χ1n) is 6.18. The molecular weight excluding hydrogens is 351 g/mol. The van der Waals surface area contributed by atoms with Crippen molar-refractivity contribution in [3.8, 4) is 0 Å². The third-order valence-corrected chi connectivity index (χ3v) is 4.65. The van der Waals surface area contributed by atoms with Crippen molar-refractivity contribution in [2.45, 2.75) is 13.8 Å². The van der Waals surface area contributed by atoms with Crippen molar-refractivity contribution in [2.75, 3.05) is 13.1 Å². The summed E-state index contributed by atoms with van der Waals surface area (Å²) < 4.78 is 26.6. The number of carbonyl (C=O) groups is 1. The van der Waals surface area contributed by atoms with Crippen LogP contribution in [0, 0.1) is 0 Å². The lowest BCUT2D eigenvalue weighted by Gasteiger charge is -2.13. The number of carbonyl (C=O) groups excluding carboxylic acids is 1. The number of rotatable bonds is 4. The van der Waals surface area contributed by atoms with Crippen molar-refractivity contribution >= 4 is 46.0 Å². The molecule has 0 amide bonds. The van der Waals surface area contributed by atoms with Gasteiger partial charge in [-0.2, -0.15) is 12.7 Å². The Kier molecular flexibility index (Phi) is 7.82. The molecule has 10 heteroatoms. The predicted molar refractivity (Wildman–Crippen MR) is 90.0 cm³/mol. The van der Waals surface area contributed by atoms with E-state index in [4.69, 9.17) is 23.1 Å². The third kappa shape index (κ3) is 4.84. The summed E-state index contributed by atoms with van der Waals surface area (Å²) in [6.07, 6.45) is 5.22. The highest BCUT2D eigenvalue weighted by molar-refractivity contribution is 7.87. The van der Waals surface area contributed by atoms with E-state index in [0.29, 0.717) is 23.7 Å². The summed E-state index contributed by atoms with van der Waals surface area (Å²) in [6.45, 7) is 4.14. The smallest absolute Gasteiger partial charge is 0.325 e. The minimum atomic E-state index is -3.65. The molecule has 0 saturated carbocycles. The van der Waals surface area contributed by atoms with Crippen molar-refractivity contribution in [3.05, 3.63) is 34.4 Å². The monoisotopic (exact) mass is 368 g/mol. The van der Waals surface area contributed by atoms with E-state index in [9.17, 15) is 13.2 Å². The molecule has 0 fully saturated rings. The van der Waals surface area contributed by atoms with E-state index in [1.165, 1.54) is 0 Å². The van der Waals surface area contributed by atoms with Crippen molar-refractivity contribution in [3.63, 3.8) is 0 Å². The molecular formula is C12H18Cl2N4O3S. The first-order chi connectivity index (χ1) is 9.72. The van der Waals surface area contributed by atoms with Crippen LogP contribution in [0.25, 0.3) is 0 Å². The summed E-state index contributed by atoms with van der Waals surface area (Å²) >= 11 is 5.63. The topological polar surface area (TPSA) is 119 Å². The van der Waals surface area contributed by atoms with Crippen molar-refractivity contribution in [1.82, 2.24) is 4.31 Å². The highest BCUT2D eigenvalue weighted by Crippen LogP contribution is 2.31. The number of fused-ring (bicyclic) bond motifs is 2. The summed E-state index contributed by atoms with van der Waals surface area (Å²) in [7, 11) is -3.65. The summed E-state index contributed by atoms with van der Waals surface area (Å²) in [5.41, 5.74) is 11.3. The average Bonchev–Trinajstić information content (AvgIpc) is 2.84. The maximum Gasteiger partial charge on any atom is 0.325 e. The summed E-state index contributed by atoms with van der Waals surface area (Å²) in [4.78, 5) is 10.9. The number of guanidine groups is 1. The van der Waals surface area contributed by atoms with E-state index in [2.05, 4.69) is 4.40 Å². The molecule has 0 aromatic heterocycles. The zero-order valence-electron chi connectivity index (χ0n) is 12.1. The molecule has 0 saturated heterocycles. The van der Waals surface area contributed by atoms with Crippen LogP contribution in [0.2, 0.25) is 0 Å². The van der Waals surface area contributed by atoms with Gasteiger partial charge in [0.25, 0.3) is 0 Å². The molecule has 2 rings (SSSR count). The fourth-order valence-electron chi connectivity index (χ4n) is 1.74. The van der Waals surface area contributed by atoms with Gasteiger partial charge in [-0.05, 0) is 12.2 Å². The van der Waals surface area contributed by atoms with Gasteiger partial charge < -0.3 is 11.5 Å². The Morgan fingerprint density at radius 1 is 1.27 bits per heavy atom. The molecule has 4 N–H and O–H groups in total. The number of Topliss-reactive ketones (excluding diaryl/α,β-unsaturated/α-hetero) is 1. The normalized spacial score (nSPS) is 15.3. The van der Waals surface area contributed by atoms with Gasteiger partial charge in [0.2, 0.25) is 5.96 Å². The molecule has 0 atom stereocenters. The number of nitrogens with zero attached hydrogens (tertiary/aromatic N) is 2. The molecule has 0 radical (unpaired) electrons. The predicted octanol–water partition coefficient (Wildman–Crippen LogP) is 0.826. The third-order valence-electron chi connectivity index (χ3n) is 2.73. The number of halogens is 2. The summed E-state index contributed by atoms with van der Waals surface area (Å²) in [6, 6.07) is 0.